The second-order valence-corrected chi connectivity index (χ2v) is 5.26. The molecule has 0 aliphatic heterocycles. The molecule has 0 aliphatic rings. The Morgan fingerprint density at radius 3 is 2.52 bits per heavy atom. The van der Waals surface area contributed by atoms with Crippen molar-refractivity contribution in [1.82, 2.24) is 4.98 Å². The van der Waals surface area contributed by atoms with E-state index in [1.807, 2.05) is 66.7 Å². The Balaban J connectivity index is 1.70. The van der Waals surface area contributed by atoms with E-state index in [1.165, 1.54) is 0 Å². The highest BCUT2D eigenvalue weighted by Gasteiger charge is 2.02. The molecule has 0 fully saturated rings. The van der Waals surface area contributed by atoms with Crippen molar-refractivity contribution in [2.45, 2.75) is 6.61 Å². The summed E-state index contributed by atoms with van der Waals surface area (Å²) in [5, 5.41) is 8.05. The molecule has 3 aromatic rings. The molecule has 0 radical (unpaired) electrons. The summed E-state index contributed by atoms with van der Waals surface area (Å²) in [5.74, 6) is 1.00. The third-order valence-electron chi connectivity index (χ3n) is 3.45. The number of benzene rings is 2. The van der Waals surface area contributed by atoms with Gasteiger partial charge < -0.3 is 10.5 Å². The summed E-state index contributed by atoms with van der Waals surface area (Å²) in [6.45, 7) is 0.491. The molecule has 0 bridgehead atoms. The average molecular weight is 330 g/mol. The van der Waals surface area contributed by atoms with E-state index in [4.69, 9.17) is 10.5 Å². The highest BCUT2D eigenvalue weighted by Crippen LogP contribution is 2.17. The lowest BCUT2D eigenvalue weighted by atomic mass is 10.2. The Bertz CT molecular complexity index is 861. The van der Waals surface area contributed by atoms with Gasteiger partial charge in [0.25, 0.3) is 0 Å². The van der Waals surface area contributed by atoms with E-state index in [2.05, 4.69) is 15.2 Å². The molecule has 1 heterocycles. The summed E-state index contributed by atoms with van der Waals surface area (Å²) in [5.41, 5.74) is 8.40. The van der Waals surface area contributed by atoms with Crippen molar-refractivity contribution in [3.8, 4) is 5.75 Å². The molecule has 2 N–H and O–H groups in total. The fourth-order valence-electron chi connectivity index (χ4n) is 2.17. The molecule has 0 spiro atoms. The molecule has 0 amide bonds. The lowest BCUT2D eigenvalue weighted by Gasteiger charge is -2.08. The quantitative estimate of drug-likeness (QED) is 0.428. The molecule has 5 nitrogen and oxygen atoms in total. The number of hydrogen-bond donors (Lipinski definition) is 1. The normalized spacial score (nSPS) is 11.6. The number of nitrogens with zero attached hydrogens (tertiary/aromatic N) is 3. The fraction of sp³-hybridized carbons (Fsp3) is 0.0500. The van der Waals surface area contributed by atoms with Crippen LogP contribution in [-0.4, -0.2) is 17.0 Å². The van der Waals surface area contributed by atoms with Crippen LogP contribution in [0.5, 0.6) is 5.75 Å². The van der Waals surface area contributed by atoms with Gasteiger partial charge in [0.15, 0.2) is 5.84 Å². The molecule has 3 rings (SSSR count). The number of ether oxygens (including phenoxy) is 1. The van der Waals surface area contributed by atoms with Gasteiger partial charge in [-0.3, -0.25) is 4.98 Å². The van der Waals surface area contributed by atoms with Crippen LogP contribution < -0.4 is 10.5 Å². The predicted octanol–water partition coefficient (Wildman–Crippen LogP) is 3.40. The van der Waals surface area contributed by atoms with Crippen molar-refractivity contribution in [1.29, 1.82) is 0 Å². The topological polar surface area (TPSA) is 72.9 Å². The van der Waals surface area contributed by atoms with Crippen LogP contribution in [0.1, 0.15) is 16.8 Å². The van der Waals surface area contributed by atoms with Crippen molar-refractivity contribution >= 4 is 12.1 Å². The van der Waals surface area contributed by atoms with E-state index in [1.54, 1.807) is 18.5 Å². The van der Waals surface area contributed by atoms with Gasteiger partial charge in [0.2, 0.25) is 0 Å². The number of pyridine rings is 1. The van der Waals surface area contributed by atoms with E-state index in [-0.39, 0.29) is 5.84 Å². The first kappa shape index (κ1) is 16.4. The standard InChI is InChI=1S/C20H18N4O/c21-20(18-11-6-7-13-22-18)24-23-14-17-10-4-5-12-19(17)25-15-16-8-2-1-3-9-16/h1-14H,15H2,(H2,21,24). The highest BCUT2D eigenvalue weighted by atomic mass is 16.5. The van der Waals surface area contributed by atoms with Gasteiger partial charge in [-0.15, -0.1) is 5.10 Å². The van der Waals surface area contributed by atoms with E-state index >= 15 is 0 Å². The van der Waals surface area contributed by atoms with Crippen molar-refractivity contribution < 1.29 is 4.74 Å². The Kier molecular flexibility index (Phi) is 5.51. The Morgan fingerprint density at radius 2 is 1.72 bits per heavy atom. The zero-order valence-electron chi connectivity index (χ0n) is 13.6. The van der Waals surface area contributed by atoms with E-state index in [9.17, 15) is 0 Å². The molecular weight excluding hydrogens is 312 g/mol. The van der Waals surface area contributed by atoms with Crippen LogP contribution in [0.15, 0.2) is 89.2 Å². The van der Waals surface area contributed by atoms with Crippen LogP contribution in [0.4, 0.5) is 0 Å². The second-order valence-electron chi connectivity index (χ2n) is 5.26. The second kappa shape index (κ2) is 8.40. The van der Waals surface area contributed by atoms with Gasteiger partial charge in [0, 0.05) is 11.8 Å². The Labute approximate surface area is 146 Å². The van der Waals surface area contributed by atoms with E-state index < -0.39 is 0 Å². The van der Waals surface area contributed by atoms with Crippen molar-refractivity contribution in [2.24, 2.45) is 15.9 Å². The molecule has 0 atom stereocenters. The molecule has 0 saturated carbocycles. The number of hydrogen-bond acceptors (Lipinski definition) is 4. The van der Waals surface area contributed by atoms with Gasteiger partial charge >= 0.3 is 0 Å². The highest BCUT2D eigenvalue weighted by molar-refractivity contribution is 5.96. The molecule has 0 unspecified atom stereocenters. The van der Waals surface area contributed by atoms with E-state index in [0.717, 1.165) is 16.9 Å². The predicted molar refractivity (Wildman–Crippen MR) is 99.8 cm³/mol. The minimum Gasteiger partial charge on any atom is -0.488 e. The number of aromatic nitrogens is 1. The lowest BCUT2D eigenvalue weighted by Crippen LogP contribution is -2.14. The van der Waals surface area contributed by atoms with E-state index in [0.29, 0.717) is 12.3 Å². The van der Waals surface area contributed by atoms with Crippen LogP contribution in [0.2, 0.25) is 0 Å². The van der Waals surface area contributed by atoms with Crippen LogP contribution in [0.3, 0.4) is 0 Å². The average Bonchev–Trinajstić information content (AvgIpc) is 2.68. The number of para-hydroxylation sites is 1. The molecule has 25 heavy (non-hydrogen) atoms. The molecule has 124 valence electrons. The fourth-order valence-corrected chi connectivity index (χ4v) is 2.17. The van der Waals surface area contributed by atoms with Crippen molar-refractivity contribution in [2.75, 3.05) is 0 Å². The maximum absolute atomic E-state index is 5.88. The zero-order valence-corrected chi connectivity index (χ0v) is 13.6. The number of nitrogens with two attached hydrogens (primary N) is 1. The lowest BCUT2D eigenvalue weighted by molar-refractivity contribution is 0.306. The summed E-state index contributed by atoms with van der Waals surface area (Å²) in [4.78, 5) is 4.13. The van der Waals surface area contributed by atoms with Gasteiger partial charge in [-0.25, -0.2) is 0 Å². The summed E-state index contributed by atoms with van der Waals surface area (Å²) in [6.07, 6.45) is 3.28. The summed E-state index contributed by atoms with van der Waals surface area (Å²) in [7, 11) is 0. The van der Waals surface area contributed by atoms with Crippen LogP contribution in [0.25, 0.3) is 0 Å². The maximum Gasteiger partial charge on any atom is 0.171 e. The first-order valence-electron chi connectivity index (χ1n) is 7.86. The first-order chi connectivity index (χ1) is 12.3. The number of amidine groups is 1. The molecular formula is C20H18N4O. The minimum atomic E-state index is 0.263. The molecule has 0 saturated heterocycles. The third-order valence-corrected chi connectivity index (χ3v) is 3.45. The molecule has 1 aromatic heterocycles. The maximum atomic E-state index is 5.88. The van der Waals surface area contributed by atoms with Crippen LogP contribution in [0, 0.1) is 0 Å². The van der Waals surface area contributed by atoms with Gasteiger partial charge in [0.1, 0.15) is 18.1 Å². The zero-order chi connectivity index (χ0) is 17.3. The van der Waals surface area contributed by atoms with Gasteiger partial charge in [-0.2, -0.15) is 5.10 Å². The third kappa shape index (κ3) is 4.75. The van der Waals surface area contributed by atoms with Crippen LogP contribution in [-0.2, 0) is 6.61 Å². The van der Waals surface area contributed by atoms with Gasteiger partial charge in [-0.1, -0.05) is 48.5 Å². The van der Waals surface area contributed by atoms with Gasteiger partial charge in [0.05, 0.1) is 6.21 Å². The van der Waals surface area contributed by atoms with Crippen molar-refractivity contribution in [3.63, 3.8) is 0 Å². The largest absolute Gasteiger partial charge is 0.488 e. The monoisotopic (exact) mass is 330 g/mol. The number of rotatable bonds is 6. The van der Waals surface area contributed by atoms with Gasteiger partial charge in [-0.05, 0) is 29.8 Å². The summed E-state index contributed by atoms with van der Waals surface area (Å²) >= 11 is 0. The molecule has 2 aromatic carbocycles. The molecule has 0 aliphatic carbocycles. The first-order valence-corrected chi connectivity index (χ1v) is 7.86. The smallest absolute Gasteiger partial charge is 0.171 e. The Morgan fingerprint density at radius 1 is 0.960 bits per heavy atom. The minimum absolute atomic E-state index is 0.263. The SMILES string of the molecule is NC(=NN=Cc1ccccc1OCc1ccccc1)c1ccccn1. The Hall–Kier alpha value is -3.47. The molecule has 5 heteroatoms. The van der Waals surface area contributed by atoms with Crippen LogP contribution >= 0.6 is 0 Å². The van der Waals surface area contributed by atoms with Crippen molar-refractivity contribution in [3.05, 3.63) is 95.8 Å². The summed E-state index contributed by atoms with van der Waals surface area (Å²) < 4.78 is 5.88. The summed E-state index contributed by atoms with van der Waals surface area (Å²) in [6, 6.07) is 23.1.